The molecule has 9 heteroatoms. The first-order valence-electron chi connectivity index (χ1n) is 8.91. The SMILES string of the molecule is Fc1cccc(F)c1-c1ncc(-c2ccc(-c3ccc(OC(F)(F)F)cc3)cc2)nn1. The molecule has 0 fully saturated rings. The van der Waals surface area contributed by atoms with Gasteiger partial charge in [0.25, 0.3) is 0 Å². The van der Waals surface area contributed by atoms with Crippen LogP contribution in [0.15, 0.2) is 72.9 Å². The summed E-state index contributed by atoms with van der Waals surface area (Å²) in [6.45, 7) is 0. The lowest BCUT2D eigenvalue weighted by Gasteiger charge is -2.09. The van der Waals surface area contributed by atoms with Gasteiger partial charge < -0.3 is 4.74 Å². The maximum atomic E-state index is 13.9. The number of ether oxygens (including phenoxy) is 1. The quantitative estimate of drug-likeness (QED) is 0.371. The fourth-order valence-electron chi connectivity index (χ4n) is 2.92. The minimum absolute atomic E-state index is 0.169. The number of hydrogen-bond acceptors (Lipinski definition) is 4. The summed E-state index contributed by atoms with van der Waals surface area (Å²) in [5, 5.41) is 7.81. The molecule has 0 aliphatic rings. The Kier molecular flexibility index (Phi) is 5.33. The number of aromatic nitrogens is 3. The Morgan fingerprint density at radius 1 is 0.677 bits per heavy atom. The van der Waals surface area contributed by atoms with Gasteiger partial charge in [-0.05, 0) is 35.4 Å². The van der Waals surface area contributed by atoms with Gasteiger partial charge >= 0.3 is 6.36 Å². The monoisotopic (exact) mass is 429 g/mol. The van der Waals surface area contributed by atoms with Crippen molar-refractivity contribution in [2.45, 2.75) is 6.36 Å². The van der Waals surface area contributed by atoms with E-state index in [9.17, 15) is 22.0 Å². The van der Waals surface area contributed by atoms with Crippen molar-refractivity contribution in [3.63, 3.8) is 0 Å². The minimum Gasteiger partial charge on any atom is -0.406 e. The molecule has 156 valence electrons. The Bertz CT molecular complexity index is 1170. The van der Waals surface area contributed by atoms with E-state index in [4.69, 9.17) is 0 Å². The highest BCUT2D eigenvalue weighted by Gasteiger charge is 2.30. The number of benzene rings is 3. The van der Waals surface area contributed by atoms with Crippen molar-refractivity contribution in [3.05, 3.63) is 84.6 Å². The molecular weight excluding hydrogens is 417 g/mol. The van der Waals surface area contributed by atoms with Gasteiger partial charge in [0.2, 0.25) is 0 Å². The van der Waals surface area contributed by atoms with E-state index >= 15 is 0 Å². The van der Waals surface area contributed by atoms with Gasteiger partial charge in [-0.25, -0.2) is 13.8 Å². The predicted molar refractivity (Wildman–Crippen MR) is 103 cm³/mol. The lowest BCUT2D eigenvalue weighted by molar-refractivity contribution is -0.274. The molecule has 31 heavy (non-hydrogen) atoms. The van der Waals surface area contributed by atoms with Crippen molar-refractivity contribution in [3.8, 4) is 39.5 Å². The molecule has 3 aromatic carbocycles. The Morgan fingerprint density at radius 3 is 1.74 bits per heavy atom. The molecule has 4 rings (SSSR count). The van der Waals surface area contributed by atoms with Crippen LogP contribution >= 0.6 is 0 Å². The van der Waals surface area contributed by atoms with Crippen LogP contribution in [0, 0.1) is 11.6 Å². The van der Waals surface area contributed by atoms with Crippen LogP contribution in [0.2, 0.25) is 0 Å². The molecule has 0 radical (unpaired) electrons. The smallest absolute Gasteiger partial charge is 0.406 e. The zero-order valence-electron chi connectivity index (χ0n) is 15.6. The lowest BCUT2D eigenvalue weighted by Crippen LogP contribution is -2.16. The lowest BCUT2D eigenvalue weighted by atomic mass is 10.0. The Morgan fingerprint density at radius 2 is 1.23 bits per heavy atom. The van der Waals surface area contributed by atoms with Crippen molar-refractivity contribution >= 4 is 0 Å². The van der Waals surface area contributed by atoms with Crippen LogP contribution in [-0.2, 0) is 0 Å². The summed E-state index contributed by atoms with van der Waals surface area (Å²) in [6.07, 6.45) is -3.39. The standard InChI is InChI=1S/C22H12F5N3O/c23-17-2-1-3-18(24)20(17)21-28-12-19(29-30-21)15-6-4-13(5-7-15)14-8-10-16(11-9-14)31-22(25,26)27/h1-12H. The van der Waals surface area contributed by atoms with Gasteiger partial charge in [-0.3, -0.25) is 0 Å². The van der Waals surface area contributed by atoms with Crippen LogP contribution in [0.4, 0.5) is 22.0 Å². The third kappa shape index (κ3) is 4.66. The Hall–Kier alpha value is -3.88. The van der Waals surface area contributed by atoms with Crippen LogP contribution in [-0.4, -0.2) is 21.5 Å². The average Bonchev–Trinajstić information content (AvgIpc) is 2.74. The number of halogens is 5. The van der Waals surface area contributed by atoms with Crippen LogP contribution < -0.4 is 4.74 Å². The fourth-order valence-corrected chi connectivity index (χ4v) is 2.92. The first kappa shape index (κ1) is 20.4. The van der Waals surface area contributed by atoms with Gasteiger partial charge in [-0.15, -0.1) is 23.4 Å². The van der Waals surface area contributed by atoms with E-state index in [1.54, 1.807) is 24.3 Å². The first-order chi connectivity index (χ1) is 14.8. The van der Waals surface area contributed by atoms with Crippen LogP contribution in [0.1, 0.15) is 0 Å². The van der Waals surface area contributed by atoms with Crippen LogP contribution in [0.25, 0.3) is 33.8 Å². The highest BCUT2D eigenvalue weighted by Crippen LogP contribution is 2.28. The highest BCUT2D eigenvalue weighted by atomic mass is 19.4. The third-order valence-electron chi connectivity index (χ3n) is 4.35. The van der Waals surface area contributed by atoms with Crippen molar-refractivity contribution < 1.29 is 26.7 Å². The normalized spacial score (nSPS) is 11.4. The largest absolute Gasteiger partial charge is 0.573 e. The molecule has 0 N–H and O–H groups in total. The minimum atomic E-state index is -4.74. The summed E-state index contributed by atoms with van der Waals surface area (Å²) in [4.78, 5) is 4.01. The zero-order chi connectivity index (χ0) is 22.0. The first-order valence-corrected chi connectivity index (χ1v) is 8.91. The summed E-state index contributed by atoms with van der Waals surface area (Å²) in [5.41, 5.74) is 2.14. The second kappa shape index (κ2) is 8.10. The molecule has 0 saturated carbocycles. The number of rotatable bonds is 4. The average molecular weight is 429 g/mol. The fraction of sp³-hybridized carbons (Fsp3) is 0.0455. The molecule has 1 heterocycles. The van der Waals surface area contributed by atoms with E-state index in [-0.39, 0.29) is 17.1 Å². The molecule has 4 aromatic rings. The number of alkyl halides is 3. The van der Waals surface area contributed by atoms with Crippen molar-refractivity contribution in [2.24, 2.45) is 0 Å². The van der Waals surface area contributed by atoms with Crippen molar-refractivity contribution in [2.75, 3.05) is 0 Å². The van der Waals surface area contributed by atoms with E-state index in [1.165, 1.54) is 36.5 Å². The molecular formula is C22H12F5N3O. The molecule has 0 aliphatic carbocycles. The molecule has 0 aliphatic heterocycles. The molecule has 0 bridgehead atoms. The van der Waals surface area contributed by atoms with Crippen LogP contribution in [0.3, 0.4) is 0 Å². The van der Waals surface area contributed by atoms with Gasteiger partial charge in [0.05, 0.1) is 11.8 Å². The van der Waals surface area contributed by atoms with Crippen LogP contribution in [0.5, 0.6) is 5.75 Å². The highest BCUT2D eigenvalue weighted by molar-refractivity contribution is 5.69. The summed E-state index contributed by atoms with van der Waals surface area (Å²) < 4.78 is 68.3. The molecule has 0 saturated heterocycles. The molecule has 1 aromatic heterocycles. The Labute approximate surface area is 173 Å². The maximum Gasteiger partial charge on any atom is 0.573 e. The molecule has 4 nitrogen and oxygen atoms in total. The van der Waals surface area contributed by atoms with Gasteiger partial charge in [-0.1, -0.05) is 42.5 Å². The van der Waals surface area contributed by atoms with Crippen molar-refractivity contribution in [1.82, 2.24) is 15.2 Å². The van der Waals surface area contributed by atoms with Crippen molar-refractivity contribution in [1.29, 1.82) is 0 Å². The summed E-state index contributed by atoms with van der Waals surface area (Å²) in [5.74, 6) is -2.05. The van der Waals surface area contributed by atoms with Gasteiger partial charge in [0.15, 0.2) is 5.82 Å². The van der Waals surface area contributed by atoms with Gasteiger partial charge in [0.1, 0.15) is 23.1 Å². The van der Waals surface area contributed by atoms with E-state index in [0.717, 1.165) is 17.7 Å². The van der Waals surface area contributed by atoms with E-state index in [1.807, 2.05) is 0 Å². The predicted octanol–water partition coefficient (Wildman–Crippen LogP) is 6.05. The molecule has 0 spiro atoms. The van der Waals surface area contributed by atoms with Gasteiger partial charge in [0, 0.05) is 5.56 Å². The number of hydrogen-bond donors (Lipinski definition) is 0. The second-order valence-electron chi connectivity index (χ2n) is 6.41. The summed E-state index contributed by atoms with van der Waals surface area (Å²) >= 11 is 0. The Balaban J connectivity index is 1.53. The summed E-state index contributed by atoms with van der Waals surface area (Å²) in [7, 11) is 0. The molecule has 0 unspecified atom stereocenters. The molecule has 0 atom stereocenters. The molecule has 0 amide bonds. The van der Waals surface area contributed by atoms with E-state index < -0.39 is 18.0 Å². The second-order valence-corrected chi connectivity index (χ2v) is 6.41. The maximum absolute atomic E-state index is 13.9. The third-order valence-corrected chi connectivity index (χ3v) is 4.35. The van der Waals surface area contributed by atoms with E-state index in [0.29, 0.717) is 16.8 Å². The van der Waals surface area contributed by atoms with E-state index in [2.05, 4.69) is 19.9 Å². The topological polar surface area (TPSA) is 47.9 Å². The number of nitrogens with zero attached hydrogens (tertiary/aromatic N) is 3. The zero-order valence-corrected chi connectivity index (χ0v) is 15.6. The summed E-state index contributed by atoms with van der Waals surface area (Å²) in [6, 6.07) is 15.9. The van der Waals surface area contributed by atoms with Gasteiger partial charge in [-0.2, -0.15) is 0 Å².